The second-order valence-electron chi connectivity index (χ2n) is 6.79. The molecule has 3 aromatic rings. The SMILES string of the molecule is COc1cc(NC(=O)NCc2cc(C(C)C)c3c(n2)c(C)nn3C)cc(Cl)n1. The lowest BCUT2D eigenvalue weighted by Crippen LogP contribution is -2.28. The van der Waals surface area contributed by atoms with Crippen LogP contribution in [0, 0.1) is 6.92 Å². The molecule has 3 heterocycles. The van der Waals surface area contributed by atoms with Gasteiger partial charge in [-0.15, -0.1) is 0 Å². The number of aryl methyl sites for hydroxylation is 2. The van der Waals surface area contributed by atoms with Gasteiger partial charge in [0.1, 0.15) is 10.7 Å². The van der Waals surface area contributed by atoms with Gasteiger partial charge in [-0.3, -0.25) is 4.68 Å². The summed E-state index contributed by atoms with van der Waals surface area (Å²) in [6.45, 7) is 6.47. The Hall–Kier alpha value is -2.87. The molecule has 0 atom stereocenters. The normalized spacial score (nSPS) is 11.1. The van der Waals surface area contributed by atoms with Crippen molar-refractivity contribution in [2.75, 3.05) is 12.4 Å². The topological polar surface area (TPSA) is 94.0 Å². The van der Waals surface area contributed by atoms with E-state index in [9.17, 15) is 4.79 Å². The van der Waals surface area contributed by atoms with Crippen LogP contribution in [0.15, 0.2) is 18.2 Å². The molecule has 8 nitrogen and oxygen atoms in total. The number of carbonyl (C=O) groups is 1. The number of nitrogens with one attached hydrogen (secondary N) is 2. The number of urea groups is 1. The quantitative estimate of drug-likeness (QED) is 0.633. The molecule has 0 aromatic carbocycles. The number of nitrogens with zero attached hydrogens (tertiary/aromatic N) is 4. The molecule has 9 heteroatoms. The molecule has 0 saturated heterocycles. The number of halogens is 1. The van der Waals surface area contributed by atoms with E-state index in [4.69, 9.17) is 16.3 Å². The Morgan fingerprint density at radius 1 is 1.29 bits per heavy atom. The predicted molar refractivity (Wildman–Crippen MR) is 109 cm³/mol. The van der Waals surface area contributed by atoms with Gasteiger partial charge in [0.05, 0.1) is 36.2 Å². The minimum Gasteiger partial charge on any atom is -0.481 e. The van der Waals surface area contributed by atoms with E-state index in [0.717, 1.165) is 28.0 Å². The molecule has 0 aliphatic rings. The van der Waals surface area contributed by atoms with Crippen LogP contribution in [-0.2, 0) is 13.6 Å². The number of carbonyl (C=O) groups excluding carboxylic acids is 1. The summed E-state index contributed by atoms with van der Waals surface area (Å²) in [6, 6.07) is 4.77. The maximum Gasteiger partial charge on any atom is 0.319 e. The fourth-order valence-corrected chi connectivity index (χ4v) is 3.26. The van der Waals surface area contributed by atoms with E-state index in [-0.39, 0.29) is 17.7 Å². The van der Waals surface area contributed by atoms with Gasteiger partial charge < -0.3 is 15.4 Å². The predicted octanol–water partition coefficient (Wildman–Crippen LogP) is 3.78. The van der Waals surface area contributed by atoms with Gasteiger partial charge in [0.2, 0.25) is 5.88 Å². The summed E-state index contributed by atoms with van der Waals surface area (Å²) >= 11 is 5.92. The number of amides is 2. The van der Waals surface area contributed by atoms with E-state index < -0.39 is 0 Å². The first-order valence-electron chi connectivity index (χ1n) is 8.88. The number of methoxy groups -OCH3 is 1. The van der Waals surface area contributed by atoms with Gasteiger partial charge >= 0.3 is 6.03 Å². The molecule has 0 fully saturated rings. The summed E-state index contributed by atoms with van der Waals surface area (Å²) in [4.78, 5) is 20.9. The number of hydrogen-bond donors (Lipinski definition) is 2. The third-order valence-corrected chi connectivity index (χ3v) is 4.52. The minimum absolute atomic E-state index is 0.232. The first-order valence-corrected chi connectivity index (χ1v) is 9.25. The molecular formula is C19H23ClN6O2. The summed E-state index contributed by atoms with van der Waals surface area (Å²) in [5.41, 5.74) is 5.16. The van der Waals surface area contributed by atoms with E-state index in [1.807, 2.05) is 24.7 Å². The largest absolute Gasteiger partial charge is 0.481 e. The first-order chi connectivity index (χ1) is 13.3. The standard InChI is InChI=1S/C19H23ClN6O2/c1-10(2)14-6-13(22-17-11(3)25-26(4)18(14)17)9-21-19(27)23-12-7-15(20)24-16(8-12)28-5/h6-8,10H,9H2,1-5H3,(H2,21,23,24,27). The fraction of sp³-hybridized carbons (Fsp3) is 0.368. The van der Waals surface area contributed by atoms with Crippen molar-refractivity contribution in [1.82, 2.24) is 25.1 Å². The molecule has 3 aromatic heterocycles. The molecular weight excluding hydrogens is 380 g/mol. The van der Waals surface area contributed by atoms with Crippen LogP contribution in [0.4, 0.5) is 10.5 Å². The lowest BCUT2D eigenvalue weighted by Gasteiger charge is -2.12. The first kappa shape index (κ1) is 19.9. The molecule has 2 N–H and O–H groups in total. The van der Waals surface area contributed by atoms with Crippen LogP contribution in [0.1, 0.15) is 36.7 Å². The molecule has 0 saturated carbocycles. The van der Waals surface area contributed by atoms with Gasteiger partial charge in [-0.1, -0.05) is 25.4 Å². The van der Waals surface area contributed by atoms with E-state index >= 15 is 0 Å². The fourth-order valence-electron chi connectivity index (χ4n) is 3.05. The van der Waals surface area contributed by atoms with Crippen LogP contribution in [0.3, 0.4) is 0 Å². The van der Waals surface area contributed by atoms with Crippen molar-refractivity contribution in [3.8, 4) is 5.88 Å². The van der Waals surface area contributed by atoms with Crippen molar-refractivity contribution >= 4 is 34.4 Å². The number of aromatic nitrogens is 4. The number of fused-ring (bicyclic) bond motifs is 1. The summed E-state index contributed by atoms with van der Waals surface area (Å²) in [5, 5.41) is 10.2. The average molecular weight is 403 g/mol. The van der Waals surface area contributed by atoms with Crippen molar-refractivity contribution in [2.24, 2.45) is 7.05 Å². The van der Waals surface area contributed by atoms with Crippen LogP contribution in [-0.4, -0.2) is 32.9 Å². The van der Waals surface area contributed by atoms with Crippen molar-refractivity contribution in [3.63, 3.8) is 0 Å². The van der Waals surface area contributed by atoms with Crippen molar-refractivity contribution in [3.05, 3.63) is 40.3 Å². The summed E-state index contributed by atoms with van der Waals surface area (Å²) in [7, 11) is 3.40. The summed E-state index contributed by atoms with van der Waals surface area (Å²) in [6.07, 6.45) is 0. The second kappa shape index (κ2) is 8.02. The van der Waals surface area contributed by atoms with Crippen molar-refractivity contribution in [1.29, 1.82) is 0 Å². The van der Waals surface area contributed by atoms with Crippen LogP contribution in [0.2, 0.25) is 5.15 Å². The zero-order valence-electron chi connectivity index (χ0n) is 16.5. The van der Waals surface area contributed by atoms with E-state index in [2.05, 4.69) is 39.5 Å². The van der Waals surface area contributed by atoms with Crippen LogP contribution in [0.25, 0.3) is 11.0 Å². The number of ether oxygens (including phenoxy) is 1. The van der Waals surface area contributed by atoms with Gasteiger partial charge in [0.25, 0.3) is 0 Å². The molecule has 0 bridgehead atoms. The summed E-state index contributed by atoms with van der Waals surface area (Å²) < 4.78 is 6.91. The molecule has 0 spiro atoms. The minimum atomic E-state index is -0.375. The molecule has 0 aliphatic carbocycles. The highest BCUT2D eigenvalue weighted by Gasteiger charge is 2.16. The van der Waals surface area contributed by atoms with Crippen LogP contribution in [0.5, 0.6) is 5.88 Å². The van der Waals surface area contributed by atoms with E-state index in [1.165, 1.54) is 7.11 Å². The highest BCUT2D eigenvalue weighted by molar-refractivity contribution is 6.29. The van der Waals surface area contributed by atoms with E-state index in [0.29, 0.717) is 17.5 Å². The maximum absolute atomic E-state index is 12.3. The Bertz CT molecular complexity index is 1030. The Morgan fingerprint density at radius 2 is 2.04 bits per heavy atom. The number of rotatable bonds is 5. The number of anilines is 1. The number of hydrogen-bond acceptors (Lipinski definition) is 5. The number of pyridine rings is 2. The van der Waals surface area contributed by atoms with Crippen molar-refractivity contribution in [2.45, 2.75) is 33.2 Å². The Kier molecular flexibility index (Phi) is 5.69. The van der Waals surface area contributed by atoms with Gasteiger partial charge in [-0.25, -0.2) is 14.8 Å². The van der Waals surface area contributed by atoms with Crippen LogP contribution >= 0.6 is 11.6 Å². The van der Waals surface area contributed by atoms with Crippen molar-refractivity contribution < 1.29 is 9.53 Å². The zero-order chi connectivity index (χ0) is 20.4. The molecule has 3 rings (SSSR count). The molecule has 0 radical (unpaired) electrons. The third kappa shape index (κ3) is 4.17. The molecule has 2 amide bonds. The van der Waals surface area contributed by atoms with Gasteiger partial charge in [-0.05, 0) is 30.5 Å². The molecule has 28 heavy (non-hydrogen) atoms. The van der Waals surface area contributed by atoms with Gasteiger partial charge in [0.15, 0.2) is 0 Å². The van der Waals surface area contributed by atoms with Gasteiger partial charge in [0, 0.05) is 13.1 Å². The monoisotopic (exact) mass is 402 g/mol. The Labute approximate surface area is 168 Å². The van der Waals surface area contributed by atoms with Crippen LogP contribution < -0.4 is 15.4 Å². The zero-order valence-corrected chi connectivity index (χ0v) is 17.3. The lowest BCUT2D eigenvalue weighted by atomic mass is 10.0. The molecule has 0 unspecified atom stereocenters. The highest BCUT2D eigenvalue weighted by atomic mass is 35.5. The smallest absolute Gasteiger partial charge is 0.319 e. The summed E-state index contributed by atoms with van der Waals surface area (Å²) in [5.74, 6) is 0.628. The Morgan fingerprint density at radius 3 is 2.71 bits per heavy atom. The van der Waals surface area contributed by atoms with E-state index in [1.54, 1.807) is 12.1 Å². The molecule has 0 aliphatic heterocycles. The Balaban J connectivity index is 1.77. The second-order valence-corrected chi connectivity index (χ2v) is 7.18. The third-order valence-electron chi connectivity index (χ3n) is 4.33. The van der Waals surface area contributed by atoms with Gasteiger partial charge in [-0.2, -0.15) is 5.10 Å². The lowest BCUT2D eigenvalue weighted by molar-refractivity contribution is 0.251. The highest BCUT2D eigenvalue weighted by Crippen LogP contribution is 2.27. The maximum atomic E-state index is 12.3. The molecule has 148 valence electrons. The average Bonchev–Trinajstić information content (AvgIpc) is 2.92.